The minimum absolute atomic E-state index is 0.141. The average Bonchev–Trinajstić information content (AvgIpc) is 3.11. The van der Waals surface area contributed by atoms with Gasteiger partial charge in [-0.15, -0.1) is 0 Å². The Kier molecular flexibility index (Phi) is 4.50. The third-order valence-corrected chi connectivity index (χ3v) is 3.26. The highest BCUT2D eigenvalue weighted by Crippen LogP contribution is 2.29. The molecule has 0 aromatic heterocycles. The first kappa shape index (κ1) is 13.5. The smallest absolute Gasteiger partial charge is 0.307 e. The van der Waals surface area contributed by atoms with E-state index in [9.17, 15) is 9.59 Å². The summed E-state index contributed by atoms with van der Waals surface area (Å²) in [5, 5.41) is 17.4. The Labute approximate surface area is 101 Å². The minimum Gasteiger partial charge on any atom is -0.481 e. The Morgan fingerprint density at radius 1 is 1.41 bits per heavy atom. The Bertz CT molecular complexity index is 344. The Morgan fingerprint density at radius 3 is 2.41 bits per heavy atom. The van der Waals surface area contributed by atoms with Gasteiger partial charge in [0.25, 0.3) is 0 Å². The van der Waals surface area contributed by atoms with E-state index in [4.69, 9.17) is 10.4 Å². The molecular formula is C12H18N2O3. The molecule has 94 valence electrons. The van der Waals surface area contributed by atoms with Crippen molar-refractivity contribution >= 4 is 11.9 Å². The van der Waals surface area contributed by atoms with Gasteiger partial charge in [-0.2, -0.15) is 5.26 Å². The first-order valence-corrected chi connectivity index (χ1v) is 5.89. The molecule has 17 heavy (non-hydrogen) atoms. The number of nitrogens with zero attached hydrogens (tertiary/aromatic N) is 2. The molecule has 0 radical (unpaired) electrons. The molecule has 5 heteroatoms. The highest BCUT2D eigenvalue weighted by Gasteiger charge is 2.36. The third-order valence-electron chi connectivity index (χ3n) is 3.26. The van der Waals surface area contributed by atoms with Crippen LogP contribution >= 0.6 is 0 Å². The number of nitriles is 1. The van der Waals surface area contributed by atoms with Crippen LogP contribution < -0.4 is 0 Å². The van der Waals surface area contributed by atoms with Crippen LogP contribution in [0.2, 0.25) is 0 Å². The van der Waals surface area contributed by atoms with Gasteiger partial charge in [0.05, 0.1) is 18.4 Å². The van der Waals surface area contributed by atoms with Crippen molar-refractivity contribution in [2.75, 3.05) is 6.54 Å². The molecule has 0 saturated heterocycles. The number of aliphatic carboxylic acids is 1. The fourth-order valence-corrected chi connectivity index (χ4v) is 1.72. The van der Waals surface area contributed by atoms with E-state index in [1.54, 1.807) is 18.7 Å². The molecule has 0 aromatic carbocycles. The van der Waals surface area contributed by atoms with Crippen LogP contribution in [0.15, 0.2) is 0 Å². The van der Waals surface area contributed by atoms with Crippen molar-refractivity contribution in [1.82, 2.24) is 4.90 Å². The summed E-state index contributed by atoms with van der Waals surface area (Å²) in [5.41, 5.74) is 0. The van der Waals surface area contributed by atoms with Gasteiger partial charge in [-0.25, -0.2) is 0 Å². The van der Waals surface area contributed by atoms with E-state index in [0.29, 0.717) is 13.0 Å². The maximum atomic E-state index is 12.1. The fraction of sp³-hybridized carbons (Fsp3) is 0.750. The standard InChI is InChI=1S/C12H18N2O3/c1-8(9(2)12(16)17)11(15)14(7-3-6-13)10-4-5-10/h8-10H,3-5,7H2,1-2H3,(H,16,17). The van der Waals surface area contributed by atoms with Crippen molar-refractivity contribution in [1.29, 1.82) is 5.26 Å². The van der Waals surface area contributed by atoms with E-state index < -0.39 is 17.8 Å². The Morgan fingerprint density at radius 2 is 2.00 bits per heavy atom. The molecule has 1 aliphatic carbocycles. The molecule has 2 unspecified atom stereocenters. The molecular weight excluding hydrogens is 220 g/mol. The lowest BCUT2D eigenvalue weighted by Gasteiger charge is -2.26. The predicted octanol–water partition coefficient (Wildman–Crippen LogP) is 1.25. The van der Waals surface area contributed by atoms with E-state index in [1.165, 1.54) is 0 Å². The molecule has 0 aromatic rings. The van der Waals surface area contributed by atoms with E-state index in [0.717, 1.165) is 12.8 Å². The summed E-state index contributed by atoms with van der Waals surface area (Å²) in [5.74, 6) is -2.32. The van der Waals surface area contributed by atoms with E-state index >= 15 is 0 Å². The molecule has 5 nitrogen and oxygen atoms in total. The summed E-state index contributed by atoms with van der Waals surface area (Å²) in [7, 11) is 0. The summed E-state index contributed by atoms with van der Waals surface area (Å²) in [4.78, 5) is 24.6. The summed E-state index contributed by atoms with van der Waals surface area (Å²) in [6.45, 7) is 3.60. The Balaban J connectivity index is 2.64. The van der Waals surface area contributed by atoms with Gasteiger partial charge in [-0.05, 0) is 12.8 Å². The molecule has 0 heterocycles. The van der Waals surface area contributed by atoms with Crippen LogP contribution in [0.4, 0.5) is 0 Å². The van der Waals surface area contributed by atoms with Crippen LogP contribution in [-0.2, 0) is 9.59 Å². The lowest BCUT2D eigenvalue weighted by atomic mass is 9.94. The number of carbonyl (C=O) groups is 2. The lowest BCUT2D eigenvalue weighted by Crippen LogP contribution is -2.41. The van der Waals surface area contributed by atoms with Gasteiger partial charge >= 0.3 is 5.97 Å². The van der Waals surface area contributed by atoms with E-state index in [-0.39, 0.29) is 11.9 Å². The van der Waals surface area contributed by atoms with Crippen molar-refractivity contribution in [3.05, 3.63) is 0 Å². The number of carboxylic acids is 1. The van der Waals surface area contributed by atoms with Gasteiger partial charge in [-0.3, -0.25) is 9.59 Å². The zero-order valence-electron chi connectivity index (χ0n) is 10.2. The molecule has 1 amide bonds. The highest BCUT2D eigenvalue weighted by atomic mass is 16.4. The quantitative estimate of drug-likeness (QED) is 0.755. The lowest BCUT2D eigenvalue weighted by molar-refractivity contribution is -0.149. The molecule has 1 saturated carbocycles. The van der Waals surface area contributed by atoms with Gasteiger partial charge < -0.3 is 10.0 Å². The third kappa shape index (κ3) is 3.45. The largest absolute Gasteiger partial charge is 0.481 e. The second kappa shape index (κ2) is 5.67. The zero-order valence-corrected chi connectivity index (χ0v) is 10.2. The zero-order chi connectivity index (χ0) is 13.0. The second-order valence-corrected chi connectivity index (χ2v) is 4.59. The monoisotopic (exact) mass is 238 g/mol. The van der Waals surface area contributed by atoms with E-state index in [1.807, 2.05) is 6.07 Å². The normalized spacial score (nSPS) is 17.9. The van der Waals surface area contributed by atoms with Gasteiger partial charge in [0, 0.05) is 18.5 Å². The molecule has 1 aliphatic rings. The maximum Gasteiger partial charge on any atom is 0.307 e. The first-order valence-electron chi connectivity index (χ1n) is 5.89. The topological polar surface area (TPSA) is 81.4 Å². The van der Waals surface area contributed by atoms with Gasteiger partial charge in [-0.1, -0.05) is 13.8 Å². The number of carbonyl (C=O) groups excluding carboxylic acids is 1. The van der Waals surface area contributed by atoms with Crippen LogP contribution in [0.5, 0.6) is 0 Å². The number of rotatable bonds is 6. The summed E-state index contributed by atoms with van der Waals surface area (Å²) >= 11 is 0. The van der Waals surface area contributed by atoms with Gasteiger partial charge in [0.2, 0.25) is 5.91 Å². The minimum atomic E-state index is -0.957. The average molecular weight is 238 g/mol. The highest BCUT2D eigenvalue weighted by molar-refractivity contribution is 5.84. The van der Waals surface area contributed by atoms with Crippen molar-refractivity contribution in [2.24, 2.45) is 11.8 Å². The van der Waals surface area contributed by atoms with Crippen LogP contribution in [0.25, 0.3) is 0 Å². The van der Waals surface area contributed by atoms with Crippen LogP contribution in [0.3, 0.4) is 0 Å². The predicted molar refractivity (Wildman–Crippen MR) is 60.9 cm³/mol. The number of amides is 1. The first-order chi connectivity index (χ1) is 7.99. The van der Waals surface area contributed by atoms with Crippen LogP contribution in [0.1, 0.15) is 33.1 Å². The second-order valence-electron chi connectivity index (χ2n) is 4.59. The van der Waals surface area contributed by atoms with Crippen molar-refractivity contribution in [3.8, 4) is 6.07 Å². The summed E-state index contributed by atoms with van der Waals surface area (Å²) < 4.78 is 0. The van der Waals surface area contributed by atoms with Crippen molar-refractivity contribution < 1.29 is 14.7 Å². The molecule has 1 rings (SSSR count). The summed E-state index contributed by atoms with van der Waals surface area (Å²) in [6.07, 6.45) is 2.23. The fourth-order valence-electron chi connectivity index (χ4n) is 1.72. The molecule has 1 fully saturated rings. The summed E-state index contributed by atoms with van der Waals surface area (Å²) in [6, 6.07) is 2.24. The number of hydrogen-bond acceptors (Lipinski definition) is 3. The molecule has 1 N–H and O–H groups in total. The molecule has 0 bridgehead atoms. The molecule has 2 atom stereocenters. The number of hydrogen-bond donors (Lipinski definition) is 1. The van der Waals surface area contributed by atoms with Crippen molar-refractivity contribution in [2.45, 2.75) is 39.2 Å². The molecule has 0 aliphatic heterocycles. The van der Waals surface area contributed by atoms with Crippen LogP contribution in [0, 0.1) is 23.2 Å². The number of carboxylic acid groups (broad SMARTS) is 1. The molecule has 0 spiro atoms. The van der Waals surface area contributed by atoms with Crippen LogP contribution in [-0.4, -0.2) is 34.5 Å². The maximum absolute atomic E-state index is 12.1. The van der Waals surface area contributed by atoms with Gasteiger partial charge in [0.15, 0.2) is 0 Å². The van der Waals surface area contributed by atoms with Crippen molar-refractivity contribution in [3.63, 3.8) is 0 Å². The van der Waals surface area contributed by atoms with E-state index in [2.05, 4.69) is 0 Å². The SMILES string of the molecule is CC(C(=O)O)C(C)C(=O)N(CCC#N)C1CC1. The Hall–Kier alpha value is -1.57. The van der Waals surface area contributed by atoms with Gasteiger partial charge in [0.1, 0.15) is 0 Å².